The molecule has 3 rings (SSSR count). The summed E-state index contributed by atoms with van der Waals surface area (Å²) in [5, 5.41) is 2.91. The van der Waals surface area contributed by atoms with Crippen molar-refractivity contribution in [3.63, 3.8) is 0 Å². The molecule has 1 N–H and O–H groups in total. The zero-order chi connectivity index (χ0) is 21.0. The van der Waals surface area contributed by atoms with Crippen LogP contribution in [0.5, 0.6) is 5.75 Å². The number of methoxy groups -OCH3 is 1. The maximum Gasteiger partial charge on any atom is 0.224 e. The lowest BCUT2D eigenvalue weighted by Crippen LogP contribution is -2.16. The van der Waals surface area contributed by atoms with E-state index in [4.69, 9.17) is 9.15 Å². The molecule has 6 heteroatoms. The molecule has 0 atom stereocenters. The molecule has 0 saturated heterocycles. The maximum atomic E-state index is 13.0. The van der Waals surface area contributed by atoms with Gasteiger partial charge in [-0.3, -0.25) is 4.79 Å². The highest BCUT2D eigenvalue weighted by atomic mass is 19.1. The van der Waals surface area contributed by atoms with Gasteiger partial charge in [0, 0.05) is 18.4 Å². The molecule has 0 spiro atoms. The zero-order valence-electron chi connectivity index (χ0n) is 17.1. The van der Waals surface area contributed by atoms with E-state index in [1.165, 1.54) is 12.1 Å². The van der Waals surface area contributed by atoms with Crippen molar-refractivity contribution in [3.05, 3.63) is 65.9 Å². The SMILES string of the molecule is COc1ccc(C(C)(C)C)cc1NC(=O)CCc1ncc(-c2ccc(F)cc2)o1. The number of halogens is 1. The third kappa shape index (κ3) is 5.22. The van der Waals surface area contributed by atoms with Gasteiger partial charge in [-0.05, 0) is 47.4 Å². The lowest BCUT2D eigenvalue weighted by molar-refractivity contribution is -0.116. The minimum absolute atomic E-state index is 0.0411. The average molecular weight is 396 g/mol. The summed E-state index contributed by atoms with van der Waals surface area (Å²) < 4.78 is 24.1. The lowest BCUT2D eigenvalue weighted by Gasteiger charge is -2.21. The number of ether oxygens (including phenoxy) is 1. The van der Waals surface area contributed by atoms with E-state index in [-0.39, 0.29) is 23.6 Å². The van der Waals surface area contributed by atoms with Gasteiger partial charge >= 0.3 is 0 Å². The number of carbonyl (C=O) groups excluding carboxylic acids is 1. The van der Waals surface area contributed by atoms with Gasteiger partial charge in [-0.25, -0.2) is 9.37 Å². The Kier molecular flexibility index (Phi) is 6.01. The molecule has 5 nitrogen and oxygen atoms in total. The number of nitrogens with one attached hydrogen (secondary N) is 1. The number of nitrogens with zero attached hydrogens (tertiary/aromatic N) is 1. The lowest BCUT2D eigenvalue weighted by atomic mass is 9.87. The molecule has 1 aromatic heterocycles. The second kappa shape index (κ2) is 8.47. The highest BCUT2D eigenvalue weighted by molar-refractivity contribution is 5.92. The molecule has 29 heavy (non-hydrogen) atoms. The minimum atomic E-state index is -0.309. The zero-order valence-corrected chi connectivity index (χ0v) is 17.1. The van der Waals surface area contributed by atoms with Crippen LogP contribution in [0.2, 0.25) is 0 Å². The van der Waals surface area contributed by atoms with Gasteiger partial charge in [-0.2, -0.15) is 0 Å². The van der Waals surface area contributed by atoms with E-state index < -0.39 is 0 Å². The molecule has 0 aliphatic rings. The number of amides is 1. The van der Waals surface area contributed by atoms with Crippen LogP contribution in [0.15, 0.2) is 53.1 Å². The number of rotatable bonds is 6. The van der Waals surface area contributed by atoms with Crippen LogP contribution in [0, 0.1) is 5.82 Å². The Labute approximate surface area is 169 Å². The molecule has 0 bridgehead atoms. The number of hydrogen-bond donors (Lipinski definition) is 1. The first-order valence-electron chi connectivity index (χ1n) is 9.45. The average Bonchev–Trinajstić information content (AvgIpc) is 3.15. The Bertz CT molecular complexity index is 988. The first-order chi connectivity index (χ1) is 13.8. The fourth-order valence-electron chi connectivity index (χ4n) is 2.88. The fraction of sp³-hybridized carbons (Fsp3) is 0.304. The summed E-state index contributed by atoms with van der Waals surface area (Å²) in [7, 11) is 1.57. The Morgan fingerprint density at radius 3 is 2.55 bits per heavy atom. The summed E-state index contributed by atoms with van der Waals surface area (Å²) >= 11 is 0. The molecule has 3 aromatic rings. The molecule has 1 amide bonds. The molecule has 2 aromatic carbocycles. The van der Waals surface area contributed by atoms with Crippen LogP contribution in [0.4, 0.5) is 10.1 Å². The predicted octanol–water partition coefficient (Wildman–Crippen LogP) is 5.36. The smallest absolute Gasteiger partial charge is 0.224 e. The van der Waals surface area contributed by atoms with Gasteiger partial charge in [0.05, 0.1) is 19.0 Å². The van der Waals surface area contributed by atoms with Crippen molar-refractivity contribution in [1.29, 1.82) is 0 Å². The van der Waals surface area contributed by atoms with Crippen molar-refractivity contribution in [2.24, 2.45) is 0 Å². The Morgan fingerprint density at radius 2 is 1.90 bits per heavy atom. The molecule has 152 valence electrons. The number of aromatic nitrogens is 1. The quantitative estimate of drug-likeness (QED) is 0.609. The third-order valence-corrected chi connectivity index (χ3v) is 4.59. The Hall–Kier alpha value is -3.15. The summed E-state index contributed by atoms with van der Waals surface area (Å²) in [5.41, 5.74) is 2.44. The molecular formula is C23H25FN2O3. The van der Waals surface area contributed by atoms with Crippen molar-refractivity contribution in [1.82, 2.24) is 4.98 Å². The predicted molar refractivity (Wildman–Crippen MR) is 111 cm³/mol. The van der Waals surface area contributed by atoms with Crippen molar-refractivity contribution < 1.29 is 18.3 Å². The van der Waals surface area contributed by atoms with Crippen LogP contribution in [-0.2, 0) is 16.6 Å². The largest absolute Gasteiger partial charge is 0.495 e. The third-order valence-electron chi connectivity index (χ3n) is 4.59. The highest BCUT2D eigenvalue weighted by Crippen LogP contribution is 2.31. The van der Waals surface area contributed by atoms with Gasteiger partial charge < -0.3 is 14.5 Å². The molecule has 1 heterocycles. The van der Waals surface area contributed by atoms with Crippen LogP contribution in [-0.4, -0.2) is 18.0 Å². The van der Waals surface area contributed by atoms with Crippen molar-refractivity contribution in [3.8, 4) is 17.1 Å². The van der Waals surface area contributed by atoms with Crippen LogP contribution in [0.1, 0.15) is 38.6 Å². The van der Waals surface area contributed by atoms with Gasteiger partial charge in [0.15, 0.2) is 11.7 Å². The Morgan fingerprint density at radius 1 is 1.17 bits per heavy atom. The normalized spacial score (nSPS) is 11.3. The van der Waals surface area contributed by atoms with E-state index >= 15 is 0 Å². The van der Waals surface area contributed by atoms with Gasteiger partial charge in [-0.1, -0.05) is 26.8 Å². The first-order valence-corrected chi connectivity index (χ1v) is 9.45. The number of aryl methyl sites for hydroxylation is 1. The minimum Gasteiger partial charge on any atom is -0.495 e. The van der Waals surface area contributed by atoms with Crippen LogP contribution < -0.4 is 10.1 Å². The van der Waals surface area contributed by atoms with Gasteiger partial charge in [-0.15, -0.1) is 0 Å². The van der Waals surface area contributed by atoms with Crippen molar-refractivity contribution >= 4 is 11.6 Å². The number of carbonyl (C=O) groups is 1. The van der Waals surface area contributed by atoms with Gasteiger partial charge in [0.1, 0.15) is 11.6 Å². The van der Waals surface area contributed by atoms with Gasteiger partial charge in [0.2, 0.25) is 5.91 Å². The summed E-state index contributed by atoms with van der Waals surface area (Å²) in [4.78, 5) is 16.7. The van der Waals surface area contributed by atoms with E-state index in [2.05, 4.69) is 31.1 Å². The van der Waals surface area contributed by atoms with Crippen molar-refractivity contribution in [2.45, 2.75) is 39.0 Å². The molecule has 0 unspecified atom stereocenters. The maximum absolute atomic E-state index is 13.0. The van der Waals surface area contributed by atoms with E-state index in [9.17, 15) is 9.18 Å². The number of oxazole rings is 1. The van der Waals surface area contributed by atoms with E-state index in [0.29, 0.717) is 29.5 Å². The van der Waals surface area contributed by atoms with Crippen LogP contribution in [0.25, 0.3) is 11.3 Å². The first kappa shape index (κ1) is 20.6. The summed E-state index contributed by atoms with van der Waals surface area (Å²) in [6.07, 6.45) is 2.15. The fourth-order valence-corrected chi connectivity index (χ4v) is 2.88. The van der Waals surface area contributed by atoms with Crippen LogP contribution in [0.3, 0.4) is 0 Å². The molecule has 0 aliphatic carbocycles. The highest BCUT2D eigenvalue weighted by Gasteiger charge is 2.17. The van der Waals surface area contributed by atoms with E-state index in [0.717, 1.165) is 11.1 Å². The van der Waals surface area contributed by atoms with E-state index in [1.54, 1.807) is 25.4 Å². The molecule has 0 aliphatic heterocycles. The summed E-state index contributed by atoms with van der Waals surface area (Å²) in [6.45, 7) is 6.34. The summed E-state index contributed by atoms with van der Waals surface area (Å²) in [6, 6.07) is 11.8. The topological polar surface area (TPSA) is 64.4 Å². The van der Waals surface area contributed by atoms with Crippen molar-refractivity contribution in [2.75, 3.05) is 12.4 Å². The Balaban J connectivity index is 1.64. The second-order valence-electron chi connectivity index (χ2n) is 7.84. The van der Waals surface area contributed by atoms with E-state index in [1.807, 2.05) is 18.2 Å². The van der Waals surface area contributed by atoms with Crippen LogP contribution >= 0.6 is 0 Å². The number of hydrogen-bond acceptors (Lipinski definition) is 4. The summed E-state index contributed by atoms with van der Waals surface area (Å²) in [5.74, 6) is 1.14. The second-order valence-corrected chi connectivity index (χ2v) is 7.84. The van der Waals surface area contributed by atoms with Gasteiger partial charge in [0.25, 0.3) is 0 Å². The number of anilines is 1. The molecule has 0 radical (unpaired) electrons. The molecule has 0 fully saturated rings. The molecule has 0 saturated carbocycles. The molecular weight excluding hydrogens is 371 g/mol. The standard InChI is InChI=1S/C23H25FN2O3/c1-23(2,3)16-7-10-19(28-4)18(13-16)26-21(27)11-12-22-25-14-20(29-22)15-5-8-17(24)9-6-15/h5-10,13-14H,11-12H2,1-4H3,(H,26,27). The monoisotopic (exact) mass is 396 g/mol. The number of benzene rings is 2.